The van der Waals surface area contributed by atoms with Crippen molar-refractivity contribution in [2.24, 2.45) is 0 Å². The third-order valence-electron chi connectivity index (χ3n) is 5.82. The number of nitriles is 1. The molecular weight excluding hydrogens is 384 g/mol. The molecule has 4 rings (SSSR count). The van der Waals surface area contributed by atoms with Gasteiger partial charge in [0, 0.05) is 18.2 Å². The maximum Gasteiger partial charge on any atom is 0.246 e. The first-order valence-corrected chi connectivity index (χ1v) is 10.8. The van der Waals surface area contributed by atoms with Crippen LogP contribution in [0, 0.1) is 11.3 Å². The summed E-state index contributed by atoms with van der Waals surface area (Å²) >= 11 is 0. The van der Waals surface area contributed by atoms with Gasteiger partial charge >= 0.3 is 0 Å². The highest BCUT2D eigenvalue weighted by Crippen LogP contribution is 2.35. The second-order valence-corrected chi connectivity index (χ2v) is 7.95. The van der Waals surface area contributed by atoms with Gasteiger partial charge in [-0.25, -0.2) is 0 Å². The molecular formula is C26H26N4O. The number of nitrogens with one attached hydrogen (secondary N) is 2. The lowest BCUT2D eigenvalue weighted by molar-refractivity contribution is -0.118. The molecule has 31 heavy (non-hydrogen) atoms. The highest BCUT2D eigenvalue weighted by atomic mass is 16.2. The smallest absolute Gasteiger partial charge is 0.246 e. The van der Waals surface area contributed by atoms with Gasteiger partial charge in [-0.15, -0.1) is 0 Å². The van der Waals surface area contributed by atoms with E-state index in [4.69, 9.17) is 5.26 Å². The monoisotopic (exact) mass is 410 g/mol. The number of hydrogen-bond donors (Lipinski definition) is 2. The zero-order chi connectivity index (χ0) is 21.5. The van der Waals surface area contributed by atoms with Crippen molar-refractivity contribution in [3.8, 4) is 6.07 Å². The summed E-state index contributed by atoms with van der Waals surface area (Å²) in [5, 5.41) is 15.3. The molecule has 0 aliphatic heterocycles. The Bertz CT molecular complexity index is 1040. The summed E-state index contributed by atoms with van der Waals surface area (Å²) in [7, 11) is 0. The Balaban J connectivity index is 1.40. The Hall–Kier alpha value is -3.49. The Morgan fingerprint density at radius 3 is 2.45 bits per heavy atom. The van der Waals surface area contributed by atoms with Crippen LogP contribution in [0.2, 0.25) is 0 Å². The lowest BCUT2D eigenvalue weighted by Gasteiger charge is -2.24. The van der Waals surface area contributed by atoms with Gasteiger partial charge in [-0.1, -0.05) is 48.9 Å². The predicted molar refractivity (Wildman–Crippen MR) is 122 cm³/mol. The van der Waals surface area contributed by atoms with Crippen LogP contribution >= 0.6 is 0 Å². The van der Waals surface area contributed by atoms with Crippen molar-refractivity contribution in [1.29, 1.82) is 5.26 Å². The van der Waals surface area contributed by atoms with Gasteiger partial charge in [-0.2, -0.15) is 5.26 Å². The number of benzene rings is 2. The van der Waals surface area contributed by atoms with Crippen molar-refractivity contribution in [3.05, 3.63) is 95.3 Å². The molecule has 0 saturated heterocycles. The van der Waals surface area contributed by atoms with E-state index < -0.39 is 6.04 Å². The van der Waals surface area contributed by atoms with Crippen molar-refractivity contribution in [3.63, 3.8) is 0 Å². The summed E-state index contributed by atoms with van der Waals surface area (Å²) in [5.41, 5.74) is 4.51. The van der Waals surface area contributed by atoms with E-state index in [2.05, 4.69) is 21.7 Å². The zero-order valence-corrected chi connectivity index (χ0v) is 17.4. The Labute approximate surface area is 183 Å². The maximum atomic E-state index is 13.1. The van der Waals surface area contributed by atoms with Gasteiger partial charge in [-0.05, 0) is 54.7 Å². The number of carbonyl (C=O) groups is 1. The van der Waals surface area contributed by atoms with E-state index in [1.807, 2.05) is 66.7 Å². The number of anilines is 1. The van der Waals surface area contributed by atoms with E-state index >= 15 is 0 Å². The molecule has 5 heteroatoms. The number of carbonyl (C=O) groups excluding carboxylic acids is 1. The number of nitrogens with zero attached hydrogens (tertiary/aromatic N) is 2. The normalized spacial score (nSPS) is 14.3. The third kappa shape index (κ3) is 5.36. The van der Waals surface area contributed by atoms with Gasteiger partial charge in [0.1, 0.15) is 6.04 Å². The highest BCUT2D eigenvalue weighted by molar-refractivity contribution is 5.95. The second kappa shape index (κ2) is 10.0. The molecule has 1 amide bonds. The molecule has 0 radical (unpaired) electrons. The minimum atomic E-state index is -0.467. The summed E-state index contributed by atoms with van der Waals surface area (Å²) in [6.45, 7) is 0.637. The van der Waals surface area contributed by atoms with Crippen molar-refractivity contribution in [2.45, 2.75) is 37.6 Å². The van der Waals surface area contributed by atoms with Crippen LogP contribution in [0.1, 0.15) is 53.6 Å². The number of hydrogen-bond acceptors (Lipinski definition) is 4. The van der Waals surface area contributed by atoms with Gasteiger partial charge in [-0.3, -0.25) is 9.78 Å². The lowest BCUT2D eigenvalue weighted by atomic mass is 9.83. The molecule has 1 aliphatic rings. The first kappa shape index (κ1) is 20.8. The molecule has 0 bridgehead atoms. The molecule has 1 fully saturated rings. The summed E-state index contributed by atoms with van der Waals surface area (Å²) in [4.78, 5) is 17.6. The van der Waals surface area contributed by atoms with E-state index in [0.29, 0.717) is 23.7 Å². The summed E-state index contributed by atoms with van der Waals surface area (Å²) in [6.07, 6.45) is 6.21. The molecule has 0 spiro atoms. The Morgan fingerprint density at radius 2 is 1.84 bits per heavy atom. The molecule has 156 valence electrons. The van der Waals surface area contributed by atoms with Crippen molar-refractivity contribution >= 4 is 11.6 Å². The fourth-order valence-electron chi connectivity index (χ4n) is 3.75. The number of aromatic nitrogens is 1. The van der Waals surface area contributed by atoms with Gasteiger partial charge < -0.3 is 10.6 Å². The Kier molecular flexibility index (Phi) is 6.71. The SMILES string of the molecule is N#Cc1ccc(CCNC(C(=O)Nc2ccc(C3CCC3)nc2)c2ccccc2)cc1. The number of pyridine rings is 1. The van der Waals surface area contributed by atoms with Gasteiger partial charge in [0.25, 0.3) is 0 Å². The molecule has 2 N–H and O–H groups in total. The van der Waals surface area contributed by atoms with Gasteiger partial charge in [0.05, 0.1) is 23.5 Å². The van der Waals surface area contributed by atoms with Crippen molar-refractivity contribution < 1.29 is 4.79 Å². The van der Waals surface area contributed by atoms with Crippen LogP contribution in [-0.2, 0) is 11.2 Å². The molecule has 5 nitrogen and oxygen atoms in total. The molecule has 1 heterocycles. The van der Waals surface area contributed by atoms with E-state index in [1.54, 1.807) is 6.20 Å². The molecule has 3 aromatic rings. The largest absolute Gasteiger partial charge is 0.323 e. The van der Waals surface area contributed by atoms with Crippen LogP contribution in [0.15, 0.2) is 72.9 Å². The maximum absolute atomic E-state index is 13.1. The first-order chi connectivity index (χ1) is 15.2. The van der Waals surface area contributed by atoms with E-state index in [-0.39, 0.29) is 5.91 Å². The molecule has 2 aromatic carbocycles. The zero-order valence-electron chi connectivity index (χ0n) is 17.4. The molecule has 1 aromatic heterocycles. The van der Waals surface area contributed by atoms with Crippen LogP contribution in [0.3, 0.4) is 0 Å². The average molecular weight is 411 g/mol. The van der Waals surface area contributed by atoms with Gasteiger partial charge in [0.15, 0.2) is 0 Å². The lowest BCUT2D eigenvalue weighted by Crippen LogP contribution is -2.34. The van der Waals surface area contributed by atoms with E-state index in [1.165, 1.54) is 19.3 Å². The van der Waals surface area contributed by atoms with Crippen LogP contribution < -0.4 is 10.6 Å². The minimum Gasteiger partial charge on any atom is -0.323 e. The minimum absolute atomic E-state index is 0.107. The highest BCUT2D eigenvalue weighted by Gasteiger charge is 2.22. The third-order valence-corrected chi connectivity index (χ3v) is 5.82. The molecule has 1 unspecified atom stereocenters. The molecule has 1 aliphatic carbocycles. The summed E-state index contributed by atoms with van der Waals surface area (Å²) in [6, 6.07) is 22.9. The fourth-order valence-corrected chi connectivity index (χ4v) is 3.75. The molecule has 1 saturated carbocycles. The second-order valence-electron chi connectivity index (χ2n) is 7.95. The Morgan fingerprint density at radius 1 is 1.06 bits per heavy atom. The van der Waals surface area contributed by atoms with Crippen LogP contribution in [0.5, 0.6) is 0 Å². The van der Waals surface area contributed by atoms with Gasteiger partial charge in [0.2, 0.25) is 5.91 Å². The first-order valence-electron chi connectivity index (χ1n) is 10.8. The van der Waals surface area contributed by atoms with Crippen LogP contribution in [-0.4, -0.2) is 17.4 Å². The standard InChI is InChI=1S/C26H26N4O/c27-17-20-11-9-19(10-12-20)15-16-28-25(22-5-2-1-3-6-22)26(31)30-23-13-14-24(29-18-23)21-7-4-8-21/h1-3,5-6,9-14,18,21,25,28H,4,7-8,15-16H2,(H,30,31). The predicted octanol–water partition coefficient (Wildman–Crippen LogP) is 4.73. The van der Waals surface area contributed by atoms with Crippen LogP contribution in [0.4, 0.5) is 5.69 Å². The van der Waals surface area contributed by atoms with Crippen LogP contribution in [0.25, 0.3) is 0 Å². The van der Waals surface area contributed by atoms with Crippen molar-refractivity contribution in [1.82, 2.24) is 10.3 Å². The molecule has 1 atom stereocenters. The topological polar surface area (TPSA) is 77.8 Å². The fraction of sp³-hybridized carbons (Fsp3) is 0.269. The quantitative estimate of drug-likeness (QED) is 0.563. The van der Waals surface area contributed by atoms with E-state index in [0.717, 1.165) is 23.2 Å². The number of rotatable bonds is 8. The average Bonchev–Trinajstić information content (AvgIpc) is 2.78. The summed E-state index contributed by atoms with van der Waals surface area (Å²) in [5.74, 6) is 0.468. The number of amides is 1. The van der Waals surface area contributed by atoms with Crippen molar-refractivity contribution in [2.75, 3.05) is 11.9 Å². The summed E-state index contributed by atoms with van der Waals surface area (Å²) < 4.78 is 0. The van der Waals surface area contributed by atoms with E-state index in [9.17, 15) is 4.79 Å².